The van der Waals surface area contributed by atoms with Crippen LogP contribution >= 0.6 is 11.3 Å². The Morgan fingerprint density at radius 3 is 2.47 bits per heavy atom. The Bertz CT molecular complexity index is 1440. The second-order valence-electron chi connectivity index (χ2n) is 11.1. The van der Waals surface area contributed by atoms with E-state index in [0.29, 0.717) is 36.4 Å². The molecule has 238 valence electrons. The van der Waals surface area contributed by atoms with Crippen molar-refractivity contribution in [3.63, 3.8) is 0 Å². The van der Waals surface area contributed by atoms with E-state index in [4.69, 9.17) is 9.57 Å². The van der Waals surface area contributed by atoms with Gasteiger partial charge in [-0.2, -0.15) is 8.61 Å². The Balaban J connectivity index is 1.31. The minimum absolute atomic E-state index is 0.000930. The Morgan fingerprint density at radius 2 is 1.74 bits per heavy atom. The number of halogens is 1. The van der Waals surface area contributed by atoms with Gasteiger partial charge < -0.3 is 9.64 Å². The highest BCUT2D eigenvalue weighted by atomic mass is 32.2. The van der Waals surface area contributed by atoms with Crippen LogP contribution < -0.4 is 5.48 Å². The number of rotatable bonds is 11. The number of carbonyl (C=O) groups excluding carboxylic acids is 1. The predicted octanol–water partition coefficient (Wildman–Crippen LogP) is 3.01. The van der Waals surface area contributed by atoms with Gasteiger partial charge in [0.25, 0.3) is 15.9 Å². The molecule has 2 unspecified atom stereocenters. The predicted molar refractivity (Wildman–Crippen MR) is 160 cm³/mol. The maximum Gasteiger partial charge on any atom is 0.263 e. The third-order valence-electron chi connectivity index (χ3n) is 8.02. The molecule has 1 aromatic carbocycles. The van der Waals surface area contributed by atoms with E-state index in [1.165, 1.54) is 28.9 Å². The van der Waals surface area contributed by atoms with Crippen molar-refractivity contribution in [1.82, 2.24) is 19.0 Å². The molecule has 3 aliphatic heterocycles. The van der Waals surface area contributed by atoms with Crippen molar-refractivity contribution in [2.24, 2.45) is 0 Å². The monoisotopic (exact) mass is 658 g/mol. The van der Waals surface area contributed by atoms with Crippen molar-refractivity contribution in [3.05, 3.63) is 42.2 Å². The molecular weight excluding hydrogens is 620 g/mol. The standard InChI is InChI=1S/C28H39FN4O7S3/c29-23-10-8-22(9-11-23)25-12-13-27(41-25)43(37,38)33-18-17-32(42(35,36)20-6-16-31-14-3-1-4-15-31)21-24(33)28(34)30-40-26-7-2-5-19-39-26/h8-13,24,26H,1-7,14-21H2,(H,30,34). The second kappa shape index (κ2) is 14.4. The summed E-state index contributed by atoms with van der Waals surface area (Å²) in [5, 5.41) is 0. The summed E-state index contributed by atoms with van der Waals surface area (Å²) < 4.78 is 75.6. The molecule has 15 heteroatoms. The summed E-state index contributed by atoms with van der Waals surface area (Å²) in [6, 6.07) is 7.45. The first-order chi connectivity index (χ1) is 20.6. The number of sulfonamides is 2. The number of nitrogens with one attached hydrogen (secondary N) is 1. The number of nitrogens with zero attached hydrogens (tertiary/aromatic N) is 3. The maximum absolute atomic E-state index is 13.9. The van der Waals surface area contributed by atoms with Crippen molar-refractivity contribution in [2.45, 2.75) is 61.5 Å². The van der Waals surface area contributed by atoms with Crippen LogP contribution in [0, 0.1) is 5.82 Å². The minimum Gasteiger partial charge on any atom is -0.350 e. The summed E-state index contributed by atoms with van der Waals surface area (Å²) in [6.07, 6.45) is 5.55. The molecule has 1 aromatic heterocycles. The summed E-state index contributed by atoms with van der Waals surface area (Å²) in [6.45, 7) is 2.50. The lowest BCUT2D eigenvalue weighted by Crippen LogP contribution is -2.61. The van der Waals surface area contributed by atoms with Crippen LogP contribution in [-0.4, -0.2) is 100 Å². The van der Waals surface area contributed by atoms with E-state index >= 15 is 0 Å². The Kier molecular flexibility index (Phi) is 10.9. The number of hydrogen-bond donors (Lipinski definition) is 1. The van der Waals surface area contributed by atoms with Crippen LogP contribution in [0.25, 0.3) is 10.4 Å². The molecule has 1 N–H and O–H groups in total. The molecule has 0 spiro atoms. The van der Waals surface area contributed by atoms with E-state index in [1.54, 1.807) is 18.2 Å². The molecule has 11 nitrogen and oxygen atoms in total. The molecule has 43 heavy (non-hydrogen) atoms. The first-order valence-electron chi connectivity index (χ1n) is 14.8. The van der Waals surface area contributed by atoms with Crippen molar-refractivity contribution >= 4 is 37.3 Å². The number of piperazine rings is 1. The number of benzene rings is 1. The quantitative estimate of drug-likeness (QED) is 0.366. The molecule has 0 saturated carbocycles. The van der Waals surface area contributed by atoms with Crippen molar-refractivity contribution in [2.75, 3.05) is 51.6 Å². The van der Waals surface area contributed by atoms with Crippen LogP contribution in [0.4, 0.5) is 4.39 Å². The molecule has 3 aliphatic rings. The average molecular weight is 659 g/mol. The molecule has 3 fully saturated rings. The number of amides is 1. The van der Waals surface area contributed by atoms with Gasteiger partial charge in [-0.3, -0.25) is 4.79 Å². The lowest BCUT2D eigenvalue weighted by molar-refractivity contribution is -0.202. The normalized spacial score (nSPS) is 23.3. The summed E-state index contributed by atoms with van der Waals surface area (Å²) in [5.41, 5.74) is 3.00. The van der Waals surface area contributed by atoms with E-state index in [2.05, 4.69) is 10.4 Å². The van der Waals surface area contributed by atoms with E-state index in [0.717, 1.165) is 54.4 Å². The zero-order chi connectivity index (χ0) is 30.5. The molecule has 5 rings (SSSR count). The number of thiophene rings is 1. The van der Waals surface area contributed by atoms with Crippen LogP contribution in [-0.2, 0) is 34.4 Å². The number of carbonyl (C=O) groups is 1. The third-order valence-corrected chi connectivity index (χ3v) is 13.5. The highest BCUT2D eigenvalue weighted by Crippen LogP contribution is 2.34. The van der Waals surface area contributed by atoms with Gasteiger partial charge in [-0.1, -0.05) is 18.6 Å². The largest absolute Gasteiger partial charge is 0.350 e. The van der Waals surface area contributed by atoms with Gasteiger partial charge in [-0.05, 0) is 81.6 Å². The van der Waals surface area contributed by atoms with Gasteiger partial charge in [-0.15, -0.1) is 11.3 Å². The van der Waals surface area contributed by atoms with Crippen LogP contribution in [0.2, 0.25) is 0 Å². The van der Waals surface area contributed by atoms with Gasteiger partial charge in [-0.25, -0.2) is 31.5 Å². The molecule has 0 aliphatic carbocycles. The molecule has 0 radical (unpaired) electrons. The second-order valence-corrected chi connectivity index (χ2v) is 16.4. The number of hydrogen-bond acceptors (Lipinski definition) is 9. The van der Waals surface area contributed by atoms with Crippen LogP contribution in [0.3, 0.4) is 0 Å². The topological polar surface area (TPSA) is 126 Å². The number of hydroxylamine groups is 1. The summed E-state index contributed by atoms with van der Waals surface area (Å²) in [5.74, 6) is -1.24. The molecule has 4 heterocycles. The SMILES string of the molecule is O=C(NOC1CCCCO1)C1CN(S(=O)(=O)CCCN2CCCCC2)CCN1S(=O)(=O)c1ccc(-c2ccc(F)cc2)s1. The van der Waals surface area contributed by atoms with E-state index in [-0.39, 0.29) is 29.6 Å². The first kappa shape index (κ1) is 32.4. The zero-order valence-corrected chi connectivity index (χ0v) is 26.5. The van der Waals surface area contributed by atoms with Crippen molar-refractivity contribution in [1.29, 1.82) is 0 Å². The van der Waals surface area contributed by atoms with Crippen LogP contribution in [0.15, 0.2) is 40.6 Å². The molecule has 3 saturated heterocycles. The highest BCUT2D eigenvalue weighted by molar-refractivity contribution is 7.91. The fourth-order valence-corrected chi connectivity index (χ4v) is 10.1. The van der Waals surface area contributed by atoms with Gasteiger partial charge >= 0.3 is 0 Å². The smallest absolute Gasteiger partial charge is 0.263 e. The number of likely N-dealkylation sites (tertiary alicyclic amines) is 1. The van der Waals surface area contributed by atoms with E-state index in [1.807, 2.05) is 0 Å². The van der Waals surface area contributed by atoms with Crippen molar-refractivity contribution < 1.29 is 35.6 Å². The average Bonchev–Trinajstić information content (AvgIpc) is 3.52. The first-order valence-corrected chi connectivity index (χ1v) is 18.6. The number of piperidine rings is 1. The Morgan fingerprint density at radius 1 is 0.977 bits per heavy atom. The van der Waals surface area contributed by atoms with Gasteiger partial charge in [0, 0.05) is 37.5 Å². The number of ether oxygens (including phenoxy) is 1. The summed E-state index contributed by atoms with van der Waals surface area (Å²) >= 11 is 1.00. The van der Waals surface area contributed by atoms with E-state index < -0.39 is 44.1 Å². The van der Waals surface area contributed by atoms with Crippen LogP contribution in [0.5, 0.6) is 0 Å². The van der Waals surface area contributed by atoms with E-state index in [9.17, 15) is 26.0 Å². The Hall–Kier alpha value is -1.98. The fraction of sp³-hybridized carbons (Fsp3) is 0.607. The highest BCUT2D eigenvalue weighted by Gasteiger charge is 2.44. The maximum atomic E-state index is 13.9. The van der Waals surface area contributed by atoms with Gasteiger partial charge in [0.2, 0.25) is 10.0 Å². The van der Waals surface area contributed by atoms with Gasteiger partial charge in [0.15, 0.2) is 6.29 Å². The minimum atomic E-state index is -4.19. The summed E-state index contributed by atoms with van der Waals surface area (Å²) in [7, 11) is -7.94. The zero-order valence-electron chi connectivity index (χ0n) is 24.0. The molecule has 2 atom stereocenters. The molecular formula is C28H39FN4O7S3. The lowest BCUT2D eigenvalue weighted by atomic mass is 10.1. The lowest BCUT2D eigenvalue weighted by Gasteiger charge is -2.38. The molecule has 0 bridgehead atoms. The molecule has 1 amide bonds. The fourth-order valence-electron chi connectivity index (χ4n) is 5.62. The van der Waals surface area contributed by atoms with Gasteiger partial charge in [0.1, 0.15) is 16.1 Å². The third kappa shape index (κ3) is 8.19. The van der Waals surface area contributed by atoms with Crippen LogP contribution in [0.1, 0.15) is 44.9 Å². The molecule has 2 aromatic rings. The van der Waals surface area contributed by atoms with Crippen molar-refractivity contribution in [3.8, 4) is 10.4 Å². The Labute approximate surface area is 257 Å². The summed E-state index contributed by atoms with van der Waals surface area (Å²) in [4.78, 5) is 21.8. The van der Waals surface area contributed by atoms with Gasteiger partial charge in [0.05, 0.1) is 5.75 Å².